The van der Waals surface area contributed by atoms with Crippen molar-refractivity contribution in [3.63, 3.8) is 0 Å². The van der Waals surface area contributed by atoms with E-state index in [1.807, 2.05) is 42.5 Å². The van der Waals surface area contributed by atoms with Crippen molar-refractivity contribution < 1.29 is 9.59 Å². The Morgan fingerprint density at radius 1 is 1.30 bits per heavy atom. The number of thioether (sulfide) groups is 1. The van der Waals surface area contributed by atoms with Crippen molar-refractivity contribution in [2.24, 2.45) is 11.7 Å². The third-order valence-electron chi connectivity index (χ3n) is 3.25. The van der Waals surface area contributed by atoms with Gasteiger partial charge in [-0.25, -0.2) is 4.79 Å². The number of hydrogen-bond donors (Lipinski definition) is 2. The molecule has 0 radical (unpaired) electrons. The van der Waals surface area contributed by atoms with Crippen LogP contribution in [0.1, 0.15) is 13.8 Å². The molecule has 2 aromatic heterocycles. The van der Waals surface area contributed by atoms with Gasteiger partial charge in [0.1, 0.15) is 0 Å². The number of para-hydroxylation sites is 1. The molecule has 0 saturated carbocycles. The smallest absolute Gasteiger partial charge is 0.318 e. The quantitative estimate of drug-likeness (QED) is 0.703. The lowest BCUT2D eigenvalue weighted by Crippen LogP contribution is -2.42. The lowest BCUT2D eigenvalue weighted by atomic mass is 10.1. The first kappa shape index (κ1) is 15.8. The van der Waals surface area contributed by atoms with Crippen molar-refractivity contribution in [1.29, 1.82) is 0 Å². The maximum Gasteiger partial charge on any atom is 0.318 e. The minimum atomic E-state index is -0.853. The van der Waals surface area contributed by atoms with E-state index in [0.29, 0.717) is 5.16 Å². The van der Waals surface area contributed by atoms with Crippen LogP contribution in [0, 0.1) is 5.92 Å². The molecular formula is C14H15N5O2S2. The fourth-order valence-electron chi connectivity index (χ4n) is 2.23. The largest absolute Gasteiger partial charge is 0.351 e. The van der Waals surface area contributed by atoms with Crippen LogP contribution in [0.3, 0.4) is 0 Å². The number of aromatic nitrogens is 3. The summed E-state index contributed by atoms with van der Waals surface area (Å²) in [6.45, 7) is 3.81. The van der Waals surface area contributed by atoms with Gasteiger partial charge in [0.05, 0.1) is 15.5 Å². The molecule has 23 heavy (non-hydrogen) atoms. The van der Waals surface area contributed by atoms with Crippen LogP contribution in [-0.4, -0.2) is 31.8 Å². The van der Waals surface area contributed by atoms with E-state index < -0.39 is 17.2 Å². The molecule has 0 saturated heterocycles. The van der Waals surface area contributed by atoms with Crippen molar-refractivity contribution in [3.8, 4) is 0 Å². The highest BCUT2D eigenvalue weighted by molar-refractivity contribution is 8.00. The molecule has 0 unspecified atom stereocenters. The minimum Gasteiger partial charge on any atom is -0.351 e. The number of urea groups is 1. The molecule has 9 heteroatoms. The third kappa shape index (κ3) is 3.02. The van der Waals surface area contributed by atoms with Crippen molar-refractivity contribution in [1.82, 2.24) is 19.9 Å². The normalized spacial score (nSPS) is 12.8. The average molecular weight is 349 g/mol. The number of amides is 3. The second-order valence-corrected chi connectivity index (χ2v) is 7.42. The Morgan fingerprint density at radius 3 is 2.74 bits per heavy atom. The molecule has 2 heterocycles. The molecular weight excluding hydrogens is 334 g/mol. The SMILES string of the molecule is CC(C)[C@@H](Sc1nnc2sc3ccccc3n12)C(=O)NC(N)=O. The summed E-state index contributed by atoms with van der Waals surface area (Å²) in [5.74, 6) is -0.426. The summed E-state index contributed by atoms with van der Waals surface area (Å²) < 4.78 is 3.03. The second-order valence-electron chi connectivity index (χ2n) is 5.31. The maximum atomic E-state index is 12.2. The number of nitrogens with one attached hydrogen (secondary N) is 1. The number of nitrogens with zero attached hydrogens (tertiary/aromatic N) is 3. The van der Waals surface area contributed by atoms with Crippen molar-refractivity contribution in [2.45, 2.75) is 24.3 Å². The van der Waals surface area contributed by atoms with E-state index in [4.69, 9.17) is 5.73 Å². The molecule has 3 aromatic rings. The molecule has 120 valence electrons. The van der Waals surface area contributed by atoms with Gasteiger partial charge >= 0.3 is 6.03 Å². The van der Waals surface area contributed by atoms with Gasteiger partial charge in [0.25, 0.3) is 0 Å². The zero-order chi connectivity index (χ0) is 16.6. The predicted octanol–water partition coefficient (Wildman–Crippen LogP) is 2.26. The molecule has 1 aromatic carbocycles. The average Bonchev–Trinajstić information content (AvgIpc) is 3.02. The Labute approximate surface area is 140 Å². The van der Waals surface area contributed by atoms with Crippen LogP contribution in [-0.2, 0) is 4.79 Å². The molecule has 0 aliphatic rings. The number of rotatable bonds is 4. The number of hydrogen-bond acceptors (Lipinski definition) is 6. The Bertz CT molecular complexity index is 886. The minimum absolute atomic E-state index is 0.00315. The van der Waals surface area contributed by atoms with Gasteiger partial charge in [0.15, 0.2) is 5.16 Å². The van der Waals surface area contributed by atoms with Gasteiger partial charge in [-0.1, -0.05) is 49.1 Å². The summed E-state index contributed by atoms with van der Waals surface area (Å²) in [6.07, 6.45) is 0. The van der Waals surface area contributed by atoms with Gasteiger partial charge in [-0.15, -0.1) is 10.2 Å². The number of carbonyl (C=O) groups is 2. The first-order valence-electron chi connectivity index (χ1n) is 6.97. The van der Waals surface area contributed by atoms with Crippen LogP contribution in [0.2, 0.25) is 0 Å². The molecule has 0 aliphatic carbocycles. The van der Waals surface area contributed by atoms with Crippen LogP contribution in [0.15, 0.2) is 29.4 Å². The van der Waals surface area contributed by atoms with E-state index in [0.717, 1.165) is 15.2 Å². The molecule has 0 fully saturated rings. The Balaban J connectivity index is 1.98. The monoisotopic (exact) mass is 349 g/mol. The first-order valence-corrected chi connectivity index (χ1v) is 8.66. The van der Waals surface area contributed by atoms with Crippen molar-refractivity contribution in [2.75, 3.05) is 0 Å². The van der Waals surface area contributed by atoms with Crippen LogP contribution in [0.4, 0.5) is 4.79 Å². The predicted molar refractivity (Wildman–Crippen MR) is 90.6 cm³/mol. The maximum absolute atomic E-state index is 12.2. The summed E-state index contributed by atoms with van der Waals surface area (Å²) in [4.78, 5) is 23.9. The first-order chi connectivity index (χ1) is 11.0. The van der Waals surface area contributed by atoms with Gasteiger partial charge in [-0.05, 0) is 18.1 Å². The molecule has 3 amide bonds. The summed E-state index contributed by atoms with van der Waals surface area (Å²) in [5.41, 5.74) is 6.04. The molecule has 7 nitrogen and oxygen atoms in total. The van der Waals surface area contributed by atoms with Gasteiger partial charge < -0.3 is 5.73 Å². The van der Waals surface area contributed by atoms with E-state index in [2.05, 4.69) is 15.5 Å². The standard InChI is InChI=1S/C14H15N5O2S2/c1-7(2)10(11(20)16-12(15)21)23-14-18-17-13-19(14)8-5-3-4-6-9(8)22-13/h3-7,10H,1-2H3,(H3,15,16,20,21)/t10-/m1/s1. The van der Waals surface area contributed by atoms with E-state index in [-0.39, 0.29) is 5.92 Å². The highest BCUT2D eigenvalue weighted by atomic mass is 32.2. The van der Waals surface area contributed by atoms with Crippen LogP contribution in [0.25, 0.3) is 15.2 Å². The van der Waals surface area contributed by atoms with Crippen molar-refractivity contribution in [3.05, 3.63) is 24.3 Å². The van der Waals surface area contributed by atoms with Gasteiger partial charge in [0.2, 0.25) is 10.9 Å². The van der Waals surface area contributed by atoms with Crippen LogP contribution in [0.5, 0.6) is 0 Å². The second kappa shape index (κ2) is 6.17. The molecule has 1 atom stereocenters. The summed E-state index contributed by atoms with van der Waals surface area (Å²) in [6, 6.07) is 7.06. The molecule has 0 aliphatic heterocycles. The fourth-order valence-corrected chi connectivity index (χ4v) is 4.30. The number of fused-ring (bicyclic) bond motifs is 3. The number of benzene rings is 1. The number of primary amides is 1. The molecule has 0 bridgehead atoms. The van der Waals surface area contributed by atoms with E-state index in [1.54, 1.807) is 0 Å². The number of imide groups is 1. The van der Waals surface area contributed by atoms with Crippen LogP contribution < -0.4 is 11.1 Å². The van der Waals surface area contributed by atoms with E-state index in [9.17, 15) is 9.59 Å². The lowest BCUT2D eigenvalue weighted by molar-refractivity contribution is -0.120. The fraction of sp³-hybridized carbons (Fsp3) is 0.286. The zero-order valence-electron chi connectivity index (χ0n) is 12.5. The molecule has 0 spiro atoms. The van der Waals surface area contributed by atoms with Gasteiger partial charge in [-0.2, -0.15) is 0 Å². The number of nitrogens with two attached hydrogens (primary N) is 1. The Kier molecular flexibility index (Phi) is 4.22. The third-order valence-corrected chi connectivity index (χ3v) is 5.75. The summed E-state index contributed by atoms with van der Waals surface area (Å²) in [5, 5.41) is 10.6. The number of carbonyl (C=O) groups excluding carboxylic acids is 2. The van der Waals surface area contributed by atoms with Gasteiger partial charge in [-0.3, -0.25) is 14.5 Å². The number of thiazole rings is 1. The lowest BCUT2D eigenvalue weighted by Gasteiger charge is -2.17. The highest BCUT2D eigenvalue weighted by Crippen LogP contribution is 2.33. The van der Waals surface area contributed by atoms with Crippen molar-refractivity contribution >= 4 is 50.2 Å². The van der Waals surface area contributed by atoms with E-state index >= 15 is 0 Å². The van der Waals surface area contributed by atoms with E-state index in [1.165, 1.54) is 23.1 Å². The summed E-state index contributed by atoms with van der Waals surface area (Å²) in [7, 11) is 0. The Morgan fingerprint density at radius 2 is 2.04 bits per heavy atom. The Hall–Kier alpha value is -2.13. The molecule has 3 N–H and O–H groups in total. The van der Waals surface area contributed by atoms with Crippen LogP contribution >= 0.6 is 23.1 Å². The topological polar surface area (TPSA) is 102 Å². The zero-order valence-corrected chi connectivity index (χ0v) is 14.1. The highest BCUT2D eigenvalue weighted by Gasteiger charge is 2.27. The molecule has 3 rings (SSSR count). The van der Waals surface area contributed by atoms with Gasteiger partial charge in [0, 0.05) is 0 Å². The summed E-state index contributed by atoms with van der Waals surface area (Å²) >= 11 is 2.82.